The second-order valence-corrected chi connectivity index (χ2v) is 9.46. The Morgan fingerprint density at radius 2 is 1.48 bits per heavy atom. The van der Waals surface area contributed by atoms with Crippen molar-refractivity contribution >= 4 is 30.3 Å². The van der Waals surface area contributed by atoms with Crippen LogP contribution in [0.15, 0.2) is 36.4 Å². The first-order valence-electron chi connectivity index (χ1n) is 10.9. The molecule has 8 nitrogen and oxygen atoms in total. The van der Waals surface area contributed by atoms with Gasteiger partial charge in [0.25, 0.3) is 0 Å². The lowest BCUT2D eigenvalue weighted by Gasteiger charge is -2.21. The Balaban J connectivity index is 2.56. The fourth-order valence-corrected chi connectivity index (χ4v) is 2.57. The zero-order chi connectivity index (χ0) is 25.1. The van der Waals surface area contributed by atoms with Crippen LogP contribution in [0.2, 0.25) is 0 Å². The van der Waals surface area contributed by atoms with Crippen LogP contribution in [0.1, 0.15) is 65.5 Å². The van der Waals surface area contributed by atoms with Crippen LogP contribution in [0.25, 0.3) is 12.2 Å². The molecule has 1 aromatic carbocycles. The molecule has 3 N–H and O–H groups in total. The highest BCUT2D eigenvalue weighted by molar-refractivity contribution is 5.80. The van der Waals surface area contributed by atoms with Crippen molar-refractivity contribution in [3.63, 3.8) is 0 Å². The predicted molar refractivity (Wildman–Crippen MR) is 129 cm³/mol. The van der Waals surface area contributed by atoms with E-state index in [2.05, 4.69) is 10.6 Å². The fraction of sp³-hybridized carbons (Fsp3) is 0.480. The molecule has 2 amide bonds. The average Bonchev–Trinajstić information content (AvgIpc) is 2.64. The quantitative estimate of drug-likeness (QED) is 0.447. The lowest BCUT2D eigenvalue weighted by molar-refractivity contribution is -0.139. The van der Waals surface area contributed by atoms with Gasteiger partial charge in [-0.25, -0.2) is 14.4 Å². The van der Waals surface area contributed by atoms with Gasteiger partial charge in [-0.2, -0.15) is 0 Å². The number of nitrogens with one attached hydrogen (secondary N) is 2. The van der Waals surface area contributed by atoms with Gasteiger partial charge in [0, 0.05) is 6.54 Å². The van der Waals surface area contributed by atoms with Crippen molar-refractivity contribution in [3.05, 3.63) is 47.5 Å². The molecule has 0 aromatic heterocycles. The average molecular weight is 461 g/mol. The standard InChI is InChI=1S/C25H36N2O6/c1-24(2,3)32-22(30)26-16-8-7-11-18-12-9-13-19(17-18)14-10-15-20(21(28)29)27-23(31)33-25(4,5)6/h7,9-14,17,20H,8,15-16H2,1-6H3,(H,26,30)(H,27,31)(H,28,29)/t20-/m0/s1. The highest BCUT2D eigenvalue weighted by Gasteiger charge is 2.22. The number of carboxylic acid groups (broad SMARTS) is 1. The highest BCUT2D eigenvalue weighted by atomic mass is 16.6. The number of hydrogen-bond acceptors (Lipinski definition) is 5. The van der Waals surface area contributed by atoms with Gasteiger partial charge in [-0.3, -0.25) is 0 Å². The van der Waals surface area contributed by atoms with Crippen LogP contribution in [0.3, 0.4) is 0 Å². The Morgan fingerprint density at radius 1 is 0.939 bits per heavy atom. The van der Waals surface area contributed by atoms with Crippen LogP contribution in [0.4, 0.5) is 9.59 Å². The molecule has 0 aliphatic heterocycles. The summed E-state index contributed by atoms with van der Waals surface area (Å²) in [6.45, 7) is 11.0. The maximum atomic E-state index is 11.8. The first kappa shape index (κ1) is 27.7. The molecule has 0 saturated heterocycles. The van der Waals surface area contributed by atoms with Crippen LogP contribution >= 0.6 is 0 Å². The Morgan fingerprint density at radius 3 is 2.03 bits per heavy atom. The molecular formula is C25H36N2O6. The summed E-state index contributed by atoms with van der Waals surface area (Å²) < 4.78 is 10.3. The van der Waals surface area contributed by atoms with Crippen molar-refractivity contribution in [2.24, 2.45) is 0 Å². The molecule has 0 bridgehead atoms. The van der Waals surface area contributed by atoms with Gasteiger partial charge in [0.2, 0.25) is 0 Å². The van der Waals surface area contributed by atoms with Crippen LogP contribution in [0.5, 0.6) is 0 Å². The second kappa shape index (κ2) is 12.7. The van der Waals surface area contributed by atoms with Crippen molar-refractivity contribution < 1.29 is 29.0 Å². The smallest absolute Gasteiger partial charge is 0.408 e. The molecular weight excluding hydrogens is 424 g/mol. The minimum atomic E-state index is -1.14. The van der Waals surface area contributed by atoms with E-state index in [1.54, 1.807) is 32.9 Å². The van der Waals surface area contributed by atoms with Crippen LogP contribution < -0.4 is 10.6 Å². The summed E-state index contributed by atoms with van der Waals surface area (Å²) in [5, 5.41) is 14.4. The van der Waals surface area contributed by atoms with Gasteiger partial charge in [-0.05, 0) is 71.6 Å². The van der Waals surface area contributed by atoms with Crippen molar-refractivity contribution in [2.75, 3.05) is 6.54 Å². The van der Waals surface area contributed by atoms with E-state index < -0.39 is 35.4 Å². The largest absolute Gasteiger partial charge is 0.480 e. The fourth-order valence-electron chi connectivity index (χ4n) is 2.57. The number of benzene rings is 1. The molecule has 0 fully saturated rings. The molecule has 8 heteroatoms. The summed E-state index contributed by atoms with van der Waals surface area (Å²) in [6, 6.07) is 6.60. The van der Waals surface area contributed by atoms with E-state index in [9.17, 15) is 19.5 Å². The number of aliphatic carboxylic acids is 1. The van der Waals surface area contributed by atoms with E-state index in [-0.39, 0.29) is 6.42 Å². The minimum absolute atomic E-state index is 0.116. The van der Waals surface area contributed by atoms with Gasteiger partial charge >= 0.3 is 18.2 Å². The van der Waals surface area contributed by atoms with Gasteiger partial charge in [-0.15, -0.1) is 0 Å². The lowest BCUT2D eigenvalue weighted by atomic mass is 10.1. The summed E-state index contributed by atoms with van der Waals surface area (Å²) in [5.41, 5.74) is 0.633. The highest BCUT2D eigenvalue weighted by Crippen LogP contribution is 2.11. The maximum absolute atomic E-state index is 11.8. The number of ether oxygens (including phenoxy) is 2. The number of carboxylic acids is 1. The van der Waals surface area contributed by atoms with Gasteiger partial charge in [0.1, 0.15) is 17.2 Å². The van der Waals surface area contributed by atoms with E-state index in [4.69, 9.17) is 9.47 Å². The Bertz CT molecular complexity index is 862. The van der Waals surface area contributed by atoms with E-state index in [0.29, 0.717) is 13.0 Å². The monoisotopic (exact) mass is 460 g/mol. The molecule has 33 heavy (non-hydrogen) atoms. The third-order valence-electron chi connectivity index (χ3n) is 3.87. The van der Waals surface area contributed by atoms with E-state index >= 15 is 0 Å². The number of rotatable bonds is 9. The third kappa shape index (κ3) is 13.7. The van der Waals surface area contributed by atoms with E-state index in [0.717, 1.165) is 11.1 Å². The first-order chi connectivity index (χ1) is 15.2. The number of alkyl carbamates (subject to hydrolysis) is 2. The zero-order valence-electron chi connectivity index (χ0n) is 20.3. The van der Waals surface area contributed by atoms with Crippen LogP contribution in [-0.4, -0.2) is 47.1 Å². The normalized spacial score (nSPS) is 13.0. The summed E-state index contributed by atoms with van der Waals surface area (Å²) in [7, 11) is 0. The molecule has 0 aliphatic rings. The molecule has 0 radical (unpaired) electrons. The predicted octanol–water partition coefficient (Wildman–Crippen LogP) is 5.00. The Labute approximate surface area is 196 Å². The second-order valence-electron chi connectivity index (χ2n) is 9.46. The molecule has 0 unspecified atom stereocenters. The number of amides is 2. The Kier molecular flexibility index (Phi) is 10.7. The van der Waals surface area contributed by atoms with E-state index in [1.807, 2.05) is 57.2 Å². The summed E-state index contributed by atoms with van der Waals surface area (Å²) in [5.74, 6) is -1.14. The SMILES string of the molecule is CC(C)(C)OC(=O)NCCC=Cc1cccc(C=CC[C@H](NC(=O)OC(C)(C)C)C(=O)O)c1. The number of hydrogen-bond donors (Lipinski definition) is 3. The topological polar surface area (TPSA) is 114 Å². The number of carbonyl (C=O) groups excluding carboxylic acids is 2. The Hall–Kier alpha value is -3.29. The van der Waals surface area contributed by atoms with Gasteiger partial charge in [-0.1, -0.05) is 42.5 Å². The third-order valence-corrected chi connectivity index (χ3v) is 3.87. The molecule has 1 rings (SSSR count). The lowest BCUT2D eigenvalue weighted by Crippen LogP contribution is -2.43. The summed E-state index contributed by atoms with van der Waals surface area (Å²) >= 11 is 0. The van der Waals surface area contributed by atoms with Crippen LogP contribution in [0, 0.1) is 0 Å². The molecule has 1 atom stereocenters. The van der Waals surface area contributed by atoms with Gasteiger partial charge in [0.15, 0.2) is 0 Å². The molecule has 0 spiro atoms. The van der Waals surface area contributed by atoms with Crippen LogP contribution in [-0.2, 0) is 14.3 Å². The zero-order valence-corrected chi connectivity index (χ0v) is 20.3. The van der Waals surface area contributed by atoms with Gasteiger partial charge in [0.05, 0.1) is 0 Å². The molecule has 0 aliphatic carbocycles. The number of carbonyl (C=O) groups is 3. The minimum Gasteiger partial charge on any atom is -0.480 e. The van der Waals surface area contributed by atoms with Crippen molar-refractivity contribution in [1.82, 2.24) is 10.6 Å². The molecule has 0 saturated carbocycles. The maximum Gasteiger partial charge on any atom is 0.408 e. The van der Waals surface area contributed by atoms with Crippen molar-refractivity contribution in [2.45, 2.75) is 71.6 Å². The summed E-state index contributed by atoms with van der Waals surface area (Å²) in [6.07, 6.45) is 6.95. The van der Waals surface area contributed by atoms with Crippen molar-refractivity contribution in [3.8, 4) is 0 Å². The molecule has 1 aromatic rings. The molecule has 0 heterocycles. The summed E-state index contributed by atoms with van der Waals surface area (Å²) in [4.78, 5) is 34.9. The molecule has 182 valence electrons. The first-order valence-corrected chi connectivity index (χ1v) is 10.9. The van der Waals surface area contributed by atoms with Crippen molar-refractivity contribution in [1.29, 1.82) is 0 Å². The van der Waals surface area contributed by atoms with E-state index in [1.165, 1.54) is 0 Å². The van der Waals surface area contributed by atoms with Gasteiger partial charge < -0.3 is 25.2 Å².